The third-order valence-electron chi connectivity index (χ3n) is 2.18. The lowest BCUT2D eigenvalue weighted by Gasteiger charge is -2.08. The molecule has 1 aromatic rings. The van der Waals surface area contributed by atoms with Gasteiger partial charge in [-0.15, -0.1) is 5.10 Å². The second-order valence-corrected chi connectivity index (χ2v) is 3.68. The largest absolute Gasteiger partial charge is 0.463 e. The number of aromatic nitrogens is 3. The van der Waals surface area contributed by atoms with Gasteiger partial charge in [0.1, 0.15) is 6.33 Å². The van der Waals surface area contributed by atoms with Crippen LogP contribution in [0.5, 0.6) is 0 Å². The molecule has 5 heteroatoms. The van der Waals surface area contributed by atoms with Crippen molar-refractivity contribution in [2.24, 2.45) is 5.92 Å². The number of carbonyl (C=O) groups is 1. The molecule has 0 spiro atoms. The molecule has 15 heavy (non-hydrogen) atoms. The molecule has 0 aliphatic rings. The van der Waals surface area contributed by atoms with Crippen molar-refractivity contribution in [3.8, 4) is 0 Å². The Balaban J connectivity index is 2.56. The predicted octanol–water partition coefficient (Wildman–Crippen LogP) is 1.50. The maximum absolute atomic E-state index is 11.1. The van der Waals surface area contributed by atoms with Crippen LogP contribution in [-0.4, -0.2) is 27.8 Å². The van der Waals surface area contributed by atoms with Gasteiger partial charge >= 0.3 is 5.97 Å². The Hall–Kier alpha value is -1.39. The van der Waals surface area contributed by atoms with E-state index >= 15 is 0 Å². The highest BCUT2D eigenvalue weighted by molar-refractivity contribution is 5.84. The van der Waals surface area contributed by atoms with Gasteiger partial charge in [-0.2, -0.15) is 0 Å². The van der Waals surface area contributed by atoms with E-state index in [2.05, 4.69) is 28.7 Å². The lowest BCUT2D eigenvalue weighted by molar-refractivity contribution is 0.0586. The zero-order chi connectivity index (χ0) is 11.3. The summed E-state index contributed by atoms with van der Waals surface area (Å²) in [7, 11) is 1.32. The van der Waals surface area contributed by atoms with Crippen LogP contribution in [-0.2, 0) is 11.3 Å². The molecule has 1 rings (SSSR count). The van der Waals surface area contributed by atoms with Gasteiger partial charge in [0.2, 0.25) is 0 Å². The van der Waals surface area contributed by atoms with Gasteiger partial charge in [0.25, 0.3) is 5.82 Å². The van der Waals surface area contributed by atoms with Crippen LogP contribution >= 0.6 is 0 Å². The molecule has 0 saturated heterocycles. The first-order valence-electron chi connectivity index (χ1n) is 5.15. The van der Waals surface area contributed by atoms with Crippen molar-refractivity contribution in [3.05, 3.63) is 12.2 Å². The predicted molar refractivity (Wildman–Crippen MR) is 55.4 cm³/mol. The van der Waals surface area contributed by atoms with Gasteiger partial charge in [-0.25, -0.2) is 9.78 Å². The zero-order valence-corrected chi connectivity index (χ0v) is 9.43. The molecule has 5 nitrogen and oxygen atoms in total. The number of esters is 1. The van der Waals surface area contributed by atoms with E-state index in [9.17, 15) is 4.79 Å². The zero-order valence-electron chi connectivity index (χ0n) is 9.43. The monoisotopic (exact) mass is 211 g/mol. The highest BCUT2D eigenvalue weighted by atomic mass is 16.5. The number of methoxy groups -OCH3 is 1. The first-order valence-corrected chi connectivity index (χ1v) is 5.15. The summed E-state index contributed by atoms with van der Waals surface area (Å²) in [6.45, 7) is 5.10. The third-order valence-corrected chi connectivity index (χ3v) is 2.18. The number of nitrogens with zero attached hydrogens (tertiary/aromatic N) is 3. The average molecular weight is 211 g/mol. The highest BCUT2D eigenvalue weighted by Crippen LogP contribution is 2.07. The number of rotatable bonds is 5. The molecular formula is C10H17N3O2. The smallest absolute Gasteiger partial charge is 0.377 e. The molecule has 1 atom stereocenters. The van der Waals surface area contributed by atoms with Gasteiger partial charge in [0.05, 0.1) is 7.11 Å². The molecule has 0 aliphatic carbocycles. The fourth-order valence-electron chi connectivity index (χ4n) is 1.47. The lowest BCUT2D eigenvalue weighted by Crippen LogP contribution is -2.10. The van der Waals surface area contributed by atoms with Crippen molar-refractivity contribution in [2.45, 2.75) is 33.2 Å². The summed E-state index contributed by atoms with van der Waals surface area (Å²) in [4.78, 5) is 15.0. The molecule has 0 fully saturated rings. The van der Waals surface area contributed by atoms with Crippen molar-refractivity contribution in [1.29, 1.82) is 0 Å². The summed E-state index contributed by atoms with van der Waals surface area (Å²) in [6, 6.07) is 0. The van der Waals surface area contributed by atoms with Crippen LogP contribution in [0.2, 0.25) is 0 Å². The Labute approximate surface area is 89.5 Å². The maximum Gasteiger partial charge on any atom is 0.377 e. The topological polar surface area (TPSA) is 57.0 Å². The van der Waals surface area contributed by atoms with Gasteiger partial charge in [-0.1, -0.05) is 20.3 Å². The first kappa shape index (κ1) is 11.7. The van der Waals surface area contributed by atoms with E-state index in [0.29, 0.717) is 5.92 Å². The number of carbonyl (C=O) groups excluding carboxylic acids is 1. The molecule has 0 aliphatic heterocycles. The van der Waals surface area contributed by atoms with E-state index in [-0.39, 0.29) is 5.82 Å². The van der Waals surface area contributed by atoms with Crippen LogP contribution in [0.1, 0.15) is 37.3 Å². The Morgan fingerprint density at radius 1 is 1.67 bits per heavy atom. The van der Waals surface area contributed by atoms with E-state index < -0.39 is 5.97 Å². The molecule has 1 unspecified atom stereocenters. The lowest BCUT2D eigenvalue weighted by atomic mass is 10.1. The molecule has 0 amide bonds. The SMILES string of the molecule is CCCC(C)Cn1cnc(C(=O)OC)n1. The van der Waals surface area contributed by atoms with Gasteiger partial charge in [-0.05, 0) is 12.3 Å². The highest BCUT2D eigenvalue weighted by Gasteiger charge is 2.12. The van der Waals surface area contributed by atoms with E-state index in [1.54, 1.807) is 11.0 Å². The van der Waals surface area contributed by atoms with Crippen LogP contribution in [0.4, 0.5) is 0 Å². The number of ether oxygens (including phenoxy) is 1. The van der Waals surface area contributed by atoms with Crippen molar-refractivity contribution in [2.75, 3.05) is 7.11 Å². The Morgan fingerprint density at radius 2 is 2.40 bits per heavy atom. The molecule has 1 aromatic heterocycles. The summed E-state index contributed by atoms with van der Waals surface area (Å²) < 4.78 is 6.21. The summed E-state index contributed by atoms with van der Waals surface area (Å²) in [5.74, 6) is 0.181. The minimum atomic E-state index is -0.489. The molecule has 0 N–H and O–H groups in total. The molecule has 0 aromatic carbocycles. The fourth-order valence-corrected chi connectivity index (χ4v) is 1.47. The van der Waals surface area contributed by atoms with Gasteiger partial charge in [-0.3, -0.25) is 4.68 Å². The van der Waals surface area contributed by atoms with Crippen molar-refractivity contribution in [1.82, 2.24) is 14.8 Å². The van der Waals surface area contributed by atoms with Gasteiger partial charge in [0.15, 0.2) is 0 Å². The standard InChI is InChI=1S/C10H17N3O2/c1-4-5-8(2)6-13-7-11-9(12-13)10(14)15-3/h7-8H,4-6H2,1-3H3. The van der Waals surface area contributed by atoms with Gasteiger partial charge < -0.3 is 4.74 Å². The normalized spacial score (nSPS) is 12.5. The molecule has 1 heterocycles. The summed E-state index contributed by atoms with van der Waals surface area (Å²) >= 11 is 0. The molecule has 0 saturated carbocycles. The van der Waals surface area contributed by atoms with E-state index in [4.69, 9.17) is 0 Å². The van der Waals surface area contributed by atoms with Gasteiger partial charge in [0, 0.05) is 6.54 Å². The number of hydrogen-bond donors (Lipinski definition) is 0. The maximum atomic E-state index is 11.1. The molecule has 0 bridgehead atoms. The minimum absolute atomic E-state index is 0.126. The fraction of sp³-hybridized carbons (Fsp3) is 0.700. The quantitative estimate of drug-likeness (QED) is 0.692. The van der Waals surface area contributed by atoms with Crippen molar-refractivity contribution in [3.63, 3.8) is 0 Å². The summed E-state index contributed by atoms with van der Waals surface area (Å²) in [6.07, 6.45) is 3.87. The van der Waals surface area contributed by atoms with Crippen LogP contribution in [0.15, 0.2) is 6.33 Å². The Kier molecular flexibility index (Phi) is 4.27. The van der Waals surface area contributed by atoms with E-state index in [0.717, 1.165) is 19.4 Å². The second-order valence-electron chi connectivity index (χ2n) is 3.68. The van der Waals surface area contributed by atoms with Crippen LogP contribution in [0.25, 0.3) is 0 Å². The van der Waals surface area contributed by atoms with Crippen LogP contribution in [0, 0.1) is 5.92 Å². The summed E-state index contributed by atoms with van der Waals surface area (Å²) in [5, 5.41) is 4.03. The van der Waals surface area contributed by atoms with E-state index in [1.807, 2.05) is 0 Å². The average Bonchev–Trinajstić information content (AvgIpc) is 2.65. The van der Waals surface area contributed by atoms with Crippen LogP contribution in [0.3, 0.4) is 0 Å². The number of hydrogen-bond acceptors (Lipinski definition) is 4. The first-order chi connectivity index (χ1) is 7.17. The molecule has 84 valence electrons. The Bertz CT molecular complexity index is 322. The minimum Gasteiger partial charge on any atom is -0.463 e. The summed E-state index contributed by atoms with van der Waals surface area (Å²) in [5.41, 5.74) is 0. The third kappa shape index (κ3) is 3.34. The second kappa shape index (κ2) is 5.48. The molecule has 0 radical (unpaired) electrons. The molecular weight excluding hydrogens is 194 g/mol. The van der Waals surface area contributed by atoms with E-state index in [1.165, 1.54) is 7.11 Å². The van der Waals surface area contributed by atoms with Crippen LogP contribution < -0.4 is 0 Å². The Morgan fingerprint density at radius 3 is 3.00 bits per heavy atom. The van der Waals surface area contributed by atoms with Crippen molar-refractivity contribution < 1.29 is 9.53 Å². The van der Waals surface area contributed by atoms with Crippen molar-refractivity contribution >= 4 is 5.97 Å².